The molecule has 2 aliphatic rings. The van der Waals surface area contributed by atoms with Crippen molar-refractivity contribution in [2.75, 3.05) is 6.54 Å². The lowest BCUT2D eigenvalue weighted by Gasteiger charge is -2.35. The number of hydrogen-bond donors (Lipinski definition) is 2. The molecule has 0 aromatic carbocycles. The van der Waals surface area contributed by atoms with Crippen molar-refractivity contribution in [3.63, 3.8) is 0 Å². The molecule has 1 aromatic rings. The number of piperazine rings is 1. The first kappa shape index (κ1) is 15.5. The predicted octanol–water partition coefficient (Wildman–Crippen LogP) is 1.35. The van der Waals surface area contributed by atoms with Gasteiger partial charge < -0.3 is 15.5 Å². The molecular formula is C16H23N3O2S. The summed E-state index contributed by atoms with van der Waals surface area (Å²) in [6.07, 6.45) is 1.42. The molecule has 22 heavy (non-hydrogen) atoms. The monoisotopic (exact) mass is 321 g/mol. The first-order chi connectivity index (χ1) is 10.5. The van der Waals surface area contributed by atoms with Crippen LogP contribution in [0.15, 0.2) is 17.5 Å². The van der Waals surface area contributed by atoms with Crippen molar-refractivity contribution in [3.05, 3.63) is 22.4 Å². The molecule has 2 saturated heterocycles. The summed E-state index contributed by atoms with van der Waals surface area (Å²) in [4.78, 5) is 27.9. The summed E-state index contributed by atoms with van der Waals surface area (Å²) in [5.41, 5.74) is 0. The van der Waals surface area contributed by atoms with Crippen LogP contribution in [0.2, 0.25) is 0 Å². The number of thiophene rings is 1. The molecule has 2 N–H and O–H groups in total. The molecule has 6 heteroatoms. The number of amides is 2. The van der Waals surface area contributed by atoms with Crippen LogP contribution in [-0.4, -0.2) is 41.4 Å². The lowest BCUT2D eigenvalue weighted by atomic mass is 9.99. The average Bonchev–Trinajstić information content (AvgIpc) is 3.11. The SMILES string of the molecule is CC(C)C[C@H]1NC(=O)[C@@H]2C[C@H](NCc3cccs3)CN2C1=O. The Kier molecular flexibility index (Phi) is 4.49. The molecule has 3 atom stereocenters. The van der Waals surface area contributed by atoms with Crippen LogP contribution in [0.4, 0.5) is 0 Å². The second kappa shape index (κ2) is 6.38. The number of hydrogen-bond acceptors (Lipinski definition) is 4. The first-order valence-electron chi connectivity index (χ1n) is 7.91. The van der Waals surface area contributed by atoms with Crippen molar-refractivity contribution in [1.82, 2.24) is 15.5 Å². The molecule has 3 rings (SSSR count). The summed E-state index contributed by atoms with van der Waals surface area (Å²) in [7, 11) is 0. The Balaban J connectivity index is 1.61. The van der Waals surface area contributed by atoms with Crippen LogP contribution in [0, 0.1) is 5.92 Å². The van der Waals surface area contributed by atoms with Gasteiger partial charge >= 0.3 is 0 Å². The third kappa shape index (κ3) is 3.17. The van der Waals surface area contributed by atoms with E-state index in [-0.39, 0.29) is 29.9 Å². The Morgan fingerprint density at radius 1 is 1.45 bits per heavy atom. The van der Waals surface area contributed by atoms with Crippen LogP contribution in [0.1, 0.15) is 31.6 Å². The molecule has 0 aliphatic carbocycles. The van der Waals surface area contributed by atoms with E-state index in [4.69, 9.17) is 0 Å². The van der Waals surface area contributed by atoms with E-state index in [0.717, 1.165) is 6.54 Å². The average molecular weight is 321 g/mol. The minimum absolute atomic E-state index is 0.00525. The van der Waals surface area contributed by atoms with Crippen molar-refractivity contribution >= 4 is 23.2 Å². The minimum atomic E-state index is -0.347. The van der Waals surface area contributed by atoms with Gasteiger partial charge in [-0.2, -0.15) is 0 Å². The van der Waals surface area contributed by atoms with Gasteiger partial charge in [0.15, 0.2) is 0 Å². The van der Waals surface area contributed by atoms with Crippen LogP contribution in [0.25, 0.3) is 0 Å². The fourth-order valence-corrected chi connectivity index (χ4v) is 3.95. The topological polar surface area (TPSA) is 61.4 Å². The Hall–Kier alpha value is -1.40. The van der Waals surface area contributed by atoms with Crippen LogP contribution in [0.3, 0.4) is 0 Å². The van der Waals surface area contributed by atoms with Crippen molar-refractivity contribution < 1.29 is 9.59 Å². The summed E-state index contributed by atoms with van der Waals surface area (Å²) in [6, 6.07) is 3.68. The number of fused-ring (bicyclic) bond motifs is 1. The van der Waals surface area contributed by atoms with Gasteiger partial charge in [-0.15, -0.1) is 11.3 Å². The molecule has 0 radical (unpaired) electrons. The summed E-state index contributed by atoms with van der Waals surface area (Å²) in [5, 5.41) is 8.43. The minimum Gasteiger partial charge on any atom is -0.342 e. The summed E-state index contributed by atoms with van der Waals surface area (Å²) in [6.45, 7) is 5.58. The Bertz CT molecular complexity index is 544. The second-order valence-corrected chi connectivity index (χ2v) is 7.62. The highest BCUT2D eigenvalue weighted by atomic mass is 32.1. The molecule has 1 aromatic heterocycles. The standard InChI is InChI=1S/C16H23N3O2S/c1-10(2)6-13-16(21)19-9-11(7-14(19)15(20)18-13)17-8-12-4-3-5-22-12/h3-5,10-11,13-14,17H,6-9H2,1-2H3,(H,18,20)/t11-,13+,14-/m0/s1. The Morgan fingerprint density at radius 2 is 2.27 bits per heavy atom. The van der Waals surface area contributed by atoms with E-state index >= 15 is 0 Å². The maximum absolute atomic E-state index is 12.6. The van der Waals surface area contributed by atoms with Crippen LogP contribution in [-0.2, 0) is 16.1 Å². The Labute approximate surface area is 135 Å². The molecule has 0 unspecified atom stereocenters. The number of carbonyl (C=O) groups is 2. The van der Waals surface area contributed by atoms with Crippen molar-refractivity contribution in [3.8, 4) is 0 Å². The third-order valence-corrected chi connectivity index (χ3v) is 5.23. The van der Waals surface area contributed by atoms with Crippen molar-refractivity contribution in [2.24, 2.45) is 5.92 Å². The molecule has 2 aliphatic heterocycles. The van der Waals surface area contributed by atoms with E-state index in [1.807, 2.05) is 6.07 Å². The van der Waals surface area contributed by atoms with Gasteiger partial charge in [0.1, 0.15) is 12.1 Å². The lowest BCUT2D eigenvalue weighted by Crippen LogP contribution is -2.61. The fraction of sp³-hybridized carbons (Fsp3) is 0.625. The fourth-order valence-electron chi connectivity index (χ4n) is 3.30. The molecule has 5 nitrogen and oxygen atoms in total. The highest BCUT2D eigenvalue weighted by Gasteiger charge is 2.46. The second-order valence-electron chi connectivity index (χ2n) is 6.59. The van der Waals surface area contributed by atoms with Gasteiger partial charge in [-0.1, -0.05) is 19.9 Å². The van der Waals surface area contributed by atoms with E-state index < -0.39 is 0 Å². The molecular weight excluding hydrogens is 298 g/mol. The molecule has 2 fully saturated rings. The maximum atomic E-state index is 12.6. The van der Waals surface area contributed by atoms with E-state index in [2.05, 4.69) is 35.9 Å². The molecule has 120 valence electrons. The summed E-state index contributed by atoms with van der Waals surface area (Å²) in [5.74, 6) is 0.477. The quantitative estimate of drug-likeness (QED) is 0.861. The smallest absolute Gasteiger partial charge is 0.245 e. The predicted molar refractivity (Wildman–Crippen MR) is 86.5 cm³/mol. The number of nitrogens with one attached hydrogen (secondary N) is 2. The van der Waals surface area contributed by atoms with Gasteiger partial charge in [0.05, 0.1) is 0 Å². The summed E-state index contributed by atoms with van der Waals surface area (Å²) >= 11 is 1.72. The zero-order chi connectivity index (χ0) is 15.7. The molecule has 0 bridgehead atoms. The molecule has 0 saturated carbocycles. The normalized spacial score (nSPS) is 28.1. The van der Waals surface area contributed by atoms with Gasteiger partial charge in [0, 0.05) is 24.0 Å². The van der Waals surface area contributed by atoms with Crippen LogP contribution >= 0.6 is 11.3 Å². The van der Waals surface area contributed by atoms with Gasteiger partial charge in [0.25, 0.3) is 0 Å². The zero-order valence-corrected chi connectivity index (χ0v) is 13.9. The van der Waals surface area contributed by atoms with Gasteiger partial charge in [-0.3, -0.25) is 9.59 Å². The van der Waals surface area contributed by atoms with Crippen LogP contribution < -0.4 is 10.6 Å². The van der Waals surface area contributed by atoms with Gasteiger partial charge in [-0.05, 0) is 30.2 Å². The third-order valence-electron chi connectivity index (χ3n) is 4.35. The number of rotatable bonds is 5. The maximum Gasteiger partial charge on any atom is 0.245 e. The van der Waals surface area contributed by atoms with E-state index in [0.29, 0.717) is 25.3 Å². The molecule has 2 amide bonds. The number of nitrogens with zero attached hydrogens (tertiary/aromatic N) is 1. The van der Waals surface area contributed by atoms with Gasteiger partial charge in [0.2, 0.25) is 11.8 Å². The van der Waals surface area contributed by atoms with Crippen molar-refractivity contribution in [1.29, 1.82) is 0 Å². The van der Waals surface area contributed by atoms with Crippen molar-refractivity contribution in [2.45, 2.75) is 51.4 Å². The Morgan fingerprint density at radius 3 is 2.95 bits per heavy atom. The highest BCUT2D eigenvalue weighted by molar-refractivity contribution is 7.09. The molecule has 3 heterocycles. The van der Waals surface area contributed by atoms with E-state index in [1.54, 1.807) is 16.2 Å². The number of carbonyl (C=O) groups excluding carboxylic acids is 2. The first-order valence-corrected chi connectivity index (χ1v) is 8.79. The van der Waals surface area contributed by atoms with Crippen LogP contribution in [0.5, 0.6) is 0 Å². The van der Waals surface area contributed by atoms with Gasteiger partial charge in [-0.25, -0.2) is 0 Å². The zero-order valence-electron chi connectivity index (χ0n) is 13.0. The van der Waals surface area contributed by atoms with E-state index in [1.165, 1.54) is 4.88 Å². The summed E-state index contributed by atoms with van der Waals surface area (Å²) < 4.78 is 0. The van der Waals surface area contributed by atoms with E-state index in [9.17, 15) is 9.59 Å². The molecule has 0 spiro atoms. The largest absolute Gasteiger partial charge is 0.342 e. The lowest BCUT2D eigenvalue weighted by molar-refractivity contribution is -0.147. The highest BCUT2D eigenvalue weighted by Crippen LogP contribution is 2.25.